The normalized spacial score (nSPS) is 17.4. The number of hydrogen-bond donors (Lipinski definition) is 1. The number of aromatic nitrogens is 2. The van der Waals surface area contributed by atoms with Crippen LogP contribution in [-0.2, 0) is 11.2 Å². The topological polar surface area (TPSA) is 58.1 Å². The van der Waals surface area contributed by atoms with Gasteiger partial charge in [0.2, 0.25) is 11.9 Å². The Morgan fingerprint density at radius 1 is 1.11 bits per heavy atom. The third kappa shape index (κ3) is 5.28. The molecule has 5 heteroatoms. The Morgan fingerprint density at radius 3 is 2.26 bits per heavy atom. The molecule has 1 aromatic heterocycles. The Labute approximate surface area is 162 Å². The highest BCUT2D eigenvalue weighted by atomic mass is 16.1. The Morgan fingerprint density at radius 2 is 1.70 bits per heavy atom. The van der Waals surface area contributed by atoms with Gasteiger partial charge in [0.05, 0.1) is 0 Å². The molecule has 2 heterocycles. The van der Waals surface area contributed by atoms with Crippen LogP contribution in [0.1, 0.15) is 46.1 Å². The summed E-state index contributed by atoms with van der Waals surface area (Å²) in [5.74, 6) is 0.837. The fourth-order valence-corrected chi connectivity index (χ4v) is 3.53. The molecular formula is C22H30N4O. The van der Waals surface area contributed by atoms with Crippen LogP contribution in [0.4, 0.5) is 5.95 Å². The Hall–Kier alpha value is -2.43. The Bertz CT molecular complexity index is 758. The number of anilines is 1. The highest BCUT2D eigenvalue weighted by Crippen LogP contribution is 2.31. The fourth-order valence-electron chi connectivity index (χ4n) is 3.53. The van der Waals surface area contributed by atoms with Crippen molar-refractivity contribution in [3.05, 3.63) is 42.2 Å². The minimum Gasteiger partial charge on any atom is -0.354 e. The quantitative estimate of drug-likeness (QED) is 0.873. The van der Waals surface area contributed by atoms with E-state index in [1.54, 1.807) is 6.92 Å². The van der Waals surface area contributed by atoms with Crippen LogP contribution < -0.4 is 10.2 Å². The molecule has 1 aliphatic heterocycles. The number of hydrogen-bond acceptors (Lipinski definition) is 4. The third-order valence-electron chi connectivity index (χ3n) is 5.32. The van der Waals surface area contributed by atoms with Crippen LogP contribution in [0, 0.1) is 5.41 Å². The van der Waals surface area contributed by atoms with Gasteiger partial charge in [-0.05, 0) is 42.7 Å². The van der Waals surface area contributed by atoms with E-state index in [1.807, 2.05) is 19.3 Å². The number of amides is 1. The molecule has 1 N–H and O–H groups in total. The molecule has 0 spiro atoms. The molecule has 2 aromatic rings. The number of carbonyl (C=O) groups excluding carboxylic acids is 1. The van der Waals surface area contributed by atoms with E-state index in [0.29, 0.717) is 5.41 Å². The molecule has 0 aliphatic carbocycles. The maximum Gasteiger partial charge on any atom is 0.225 e. The van der Waals surface area contributed by atoms with Gasteiger partial charge in [-0.25, -0.2) is 9.97 Å². The molecular weight excluding hydrogens is 336 g/mol. The van der Waals surface area contributed by atoms with Gasteiger partial charge in [0.15, 0.2) is 0 Å². The molecule has 5 nitrogen and oxygen atoms in total. The van der Waals surface area contributed by atoms with Gasteiger partial charge < -0.3 is 10.2 Å². The average Bonchev–Trinajstić information content (AvgIpc) is 2.62. The summed E-state index contributed by atoms with van der Waals surface area (Å²) in [6.07, 6.45) is 7.00. The van der Waals surface area contributed by atoms with Gasteiger partial charge in [-0.3, -0.25) is 4.79 Å². The van der Waals surface area contributed by atoms with E-state index in [4.69, 9.17) is 0 Å². The van der Waals surface area contributed by atoms with Crippen LogP contribution in [0.2, 0.25) is 0 Å². The number of nitrogens with one attached hydrogen (secondary N) is 1. The van der Waals surface area contributed by atoms with Crippen molar-refractivity contribution in [2.24, 2.45) is 5.41 Å². The second-order valence-electron chi connectivity index (χ2n) is 8.43. The van der Waals surface area contributed by atoms with Crippen LogP contribution in [0.25, 0.3) is 11.1 Å². The second-order valence-corrected chi connectivity index (χ2v) is 8.43. The summed E-state index contributed by atoms with van der Waals surface area (Å²) in [7, 11) is 0. The SMILES string of the molecule is CC(=O)NC(C)Cc1ccc(-c2cnc(N3CCC(C)(C)CC3)nc2)cc1. The van der Waals surface area contributed by atoms with Gasteiger partial charge in [-0.1, -0.05) is 38.1 Å². The Kier molecular flexibility index (Phi) is 5.78. The lowest BCUT2D eigenvalue weighted by molar-refractivity contribution is -0.119. The van der Waals surface area contributed by atoms with Crippen LogP contribution in [-0.4, -0.2) is 35.0 Å². The van der Waals surface area contributed by atoms with E-state index in [2.05, 4.69) is 58.3 Å². The van der Waals surface area contributed by atoms with Gasteiger partial charge in [0.25, 0.3) is 0 Å². The summed E-state index contributed by atoms with van der Waals surface area (Å²) in [5, 5.41) is 2.92. The van der Waals surface area contributed by atoms with Gasteiger partial charge in [0.1, 0.15) is 0 Å². The van der Waals surface area contributed by atoms with Crippen molar-refractivity contribution in [3.63, 3.8) is 0 Å². The third-order valence-corrected chi connectivity index (χ3v) is 5.32. The van der Waals surface area contributed by atoms with E-state index in [1.165, 1.54) is 18.4 Å². The van der Waals surface area contributed by atoms with Crippen LogP contribution in [0.5, 0.6) is 0 Å². The van der Waals surface area contributed by atoms with Gasteiger partial charge >= 0.3 is 0 Å². The van der Waals surface area contributed by atoms with E-state index in [0.717, 1.165) is 36.6 Å². The molecule has 0 radical (unpaired) electrons. The zero-order valence-corrected chi connectivity index (χ0v) is 16.8. The second kappa shape index (κ2) is 8.07. The predicted molar refractivity (Wildman–Crippen MR) is 110 cm³/mol. The van der Waals surface area contributed by atoms with Crippen LogP contribution in [0.15, 0.2) is 36.7 Å². The molecule has 1 atom stereocenters. The molecule has 0 bridgehead atoms. The lowest BCUT2D eigenvalue weighted by Crippen LogP contribution is -2.38. The summed E-state index contributed by atoms with van der Waals surface area (Å²) in [6.45, 7) is 10.3. The largest absolute Gasteiger partial charge is 0.354 e. The van der Waals surface area contributed by atoms with Gasteiger partial charge in [-0.2, -0.15) is 0 Å². The van der Waals surface area contributed by atoms with Crippen LogP contribution in [0.3, 0.4) is 0 Å². The first-order valence-corrected chi connectivity index (χ1v) is 9.76. The summed E-state index contributed by atoms with van der Waals surface area (Å²) >= 11 is 0. The van der Waals surface area contributed by atoms with E-state index in [9.17, 15) is 4.79 Å². The van der Waals surface area contributed by atoms with Crippen molar-refractivity contribution in [1.82, 2.24) is 15.3 Å². The first kappa shape index (κ1) is 19.3. The van der Waals surface area contributed by atoms with E-state index in [-0.39, 0.29) is 11.9 Å². The average molecular weight is 367 g/mol. The fraction of sp³-hybridized carbons (Fsp3) is 0.500. The highest BCUT2D eigenvalue weighted by molar-refractivity contribution is 5.73. The van der Waals surface area contributed by atoms with Crippen LogP contribution >= 0.6 is 0 Å². The highest BCUT2D eigenvalue weighted by Gasteiger charge is 2.26. The molecule has 1 aromatic carbocycles. The lowest BCUT2D eigenvalue weighted by atomic mass is 9.83. The smallest absolute Gasteiger partial charge is 0.225 e. The van der Waals surface area contributed by atoms with Crippen molar-refractivity contribution in [3.8, 4) is 11.1 Å². The zero-order chi connectivity index (χ0) is 19.4. The summed E-state index contributed by atoms with van der Waals surface area (Å²) in [6, 6.07) is 8.53. The summed E-state index contributed by atoms with van der Waals surface area (Å²) in [5.41, 5.74) is 3.76. The molecule has 1 unspecified atom stereocenters. The Balaban J connectivity index is 1.62. The summed E-state index contributed by atoms with van der Waals surface area (Å²) < 4.78 is 0. The van der Waals surface area contributed by atoms with E-state index < -0.39 is 0 Å². The van der Waals surface area contributed by atoms with Crippen molar-refractivity contribution in [2.75, 3.05) is 18.0 Å². The van der Waals surface area contributed by atoms with E-state index >= 15 is 0 Å². The maximum absolute atomic E-state index is 11.1. The minimum atomic E-state index is 0.00799. The van der Waals surface area contributed by atoms with Crippen molar-refractivity contribution >= 4 is 11.9 Å². The molecule has 3 rings (SSSR count). The molecule has 1 fully saturated rings. The van der Waals surface area contributed by atoms with Crippen molar-refractivity contribution < 1.29 is 4.79 Å². The number of piperidine rings is 1. The lowest BCUT2D eigenvalue weighted by Gasteiger charge is -2.36. The number of nitrogens with zero attached hydrogens (tertiary/aromatic N) is 3. The summed E-state index contributed by atoms with van der Waals surface area (Å²) in [4.78, 5) is 22.6. The predicted octanol–water partition coefficient (Wildman–Crippen LogP) is 3.84. The van der Waals surface area contributed by atoms with Crippen molar-refractivity contribution in [1.29, 1.82) is 0 Å². The van der Waals surface area contributed by atoms with Gasteiger partial charge in [0, 0.05) is 44.0 Å². The zero-order valence-electron chi connectivity index (χ0n) is 16.8. The number of rotatable bonds is 5. The van der Waals surface area contributed by atoms with Gasteiger partial charge in [-0.15, -0.1) is 0 Å². The van der Waals surface area contributed by atoms with Crippen molar-refractivity contribution in [2.45, 2.75) is 53.0 Å². The molecule has 144 valence electrons. The standard InChI is InChI=1S/C22H30N4O/c1-16(25-17(2)27)13-18-5-7-19(8-6-18)20-14-23-21(24-15-20)26-11-9-22(3,4)10-12-26/h5-8,14-16H,9-13H2,1-4H3,(H,25,27). The maximum atomic E-state index is 11.1. The molecule has 1 aliphatic rings. The number of carbonyl (C=O) groups is 1. The molecule has 27 heavy (non-hydrogen) atoms. The number of benzene rings is 1. The molecule has 0 saturated carbocycles. The minimum absolute atomic E-state index is 0.00799. The monoisotopic (exact) mass is 366 g/mol. The molecule has 1 saturated heterocycles. The first-order chi connectivity index (χ1) is 12.8. The molecule has 1 amide bonds. The first-order valence-electron chi connectivity index (χ1n) is 9.76.